The van der Waals surface area contributed by atoms with Crippen molar-refractivity contribution in [3.63, 3.8) is 0 Å². The van der Waals surface area contributed by atoms with Crippen LogP contribution in [0.4, 0.5) is 0 Å². The van der Waals surface area contributed by atoms with Gasteiger partial charge in [-0.25, -0.2) is 9.59 Å². The molecule has 0 bridgehead atoms. The molecule has 67 heavy (non-hydrogen) atoms. The molecule has 3 radical (unpaired) electrons. The third-order valence-electron chi connectivity index (χ3n) is 10.9. The minimum Gasteiger partial charge on any atom is -0.394 e. The maximum Gasteiger partial charge on any atom is 0.329 e. The minimum absolute atomic E-state index is 0. The molecule has 0 saturated carbocycles. The van der Waals surface area contributed by atoms with Crippen LogP contribution in [-0.4, -0.2) is 134 Å². The second-order valence-electron chi connectivity index (χ2n) is 15.3. The second kappa shape index (κ2) is 32.6. The van der Waals surface area contributed by atoms with Crippen molar-refractivity contribution in [3.05, 3.63) is 75.9 Å². The number of aliphatic hydroxyl groups excluding tert-OH is 1. The number of benzene rings is 2. The van der Waals surface area contributed by atoms with Crippen LogP contribution in [0.5, 0.6) is 0 Å². The Morgan fingerprint density at radius 1 is 0.642 bits per heavy atom. The van der Waals surface area contributed by atoms with Crippen molar-refractivity contribution in [2.75, 3.05) is 72.7 Å². The summed E-state index contributed by atoms with van der Waals surface area (Å²) in [7, 11) is 3.37. The predicted molar refractivity (Wildman–Crippen MR) is 242 cm³/mol. The molecule has 3 aliphatic rings. The van der Waals surface area contributed by atoms with E-state index >= 15 is 0 Å². The van der Waals surface area contributed by atoms with E-state index in [0.717, 1.165) is 61.1 Å². The van der Waals surface area contributed by atoms with Crippen molar-refractivity contribution in [1.29, 1.82) is 0 Å². The Balaban J connectivity index is 0.000000574. The fraction of sp³-hybridized carbons (Fsp3) is 0.556. The SMILES string of the molecule is C1CCOC1.Cn1c(=O)n(C2CCC(=O)NC2=O)c2ccc(CCCOCCOCC=O)cc21.Cn1c(=O)n(C2CCC(=O)NC2=O)c2ccc(CCCOCCOCCO)cc21.[B].[CH3-].[U].[U]. The van der Waals surface area contributed by atoms with Crippen LogP contribution in [-0.2, 0) is 74.6 Å². The molecule has 0 aliphatic carbocycles. The van der Waals surface area contributed by atoms with Crippen molar-refractivity contribution in [3.8, 4) is 0 Å². The number of ether oxygens (including phenoxy) is 5. The Kier molecular flexibility index (Phi) is 30.1. The summed E-state index contributed by atoms with van der Waals surface area (Å²) in [5, 5.41) is 13.2. The minimum atomic E-state index is -0.676. The van der Waals surface area contributed by atoms with E-state index in [2.05, 4.69) is 10.6 Å². The number of imidazole rings is 2. The monoisotopic (exact) mass is 1380 g/mol. The number of nitrogens with zero attached hydrogens (tertiary/aromatic N) is 4. The molecular weight excluding hydrogens is 1320 g/mol. The molecule has 2 aromatic heterocycles. The van der Waals surface area contributed by atoms with Crippen LogP contribution in [0.2, 0.25) is 0 Å². The first kappa shape index (κ1) is 61.9. The first-order chi connectivity index (χ1) is 30.5. The van der Waals surface area contributed by atoms with Gasteiger partial charge in [0.2, 0.25) is 23.6 Å². The molecule has 2 aromatic carbocycles. The van der Waals surface area contributed by atoms with Gasteiger partial charge in [-0.1, -0.05) is 12.1 Å². The quantitative estimate of drug-likeness (QED) is 0.0377. The van der Waals surface area contributed by atoms with E-state index in [-0.39, 0.29) is 127 Å². The zero-order valence-electron chi connectivity index (χ0n) is 38.8. The third-order valence-corrected chi connectivity index (χ3v) is 10.9. The zero-order chi connectivity index (χ0) is 45.1. The number of aliphatic hydroxyl groups is 1. The summed E-state index contributed by atoms with van der Waals surface area (Å²) in [6.45, 7) is 5.36. The van der Waals surface area contributed by atoms with E-state index in [0.29, 0.717) is 76.4 Å². The van der Waals surface area contributed by atoms with E-state index in [9.17, 15) is 33.6 Å². The summed E-state index contributed by atoms with van der Waals surface area (Å²) in [5.74, 6) is -1.47. The molecule has 2 atom stereocenters. The average Bonchev–Trinajstić information content (AvgIpc) is 4.00. The Bertz CT molecular complexity index is 2300. The molecular formula is C45H63BN6O13U2-. The normalized spacial score (nSPS) is 16.5. The number of aldehydes is 1. The summed E-state index contributed by atoms with van der Waals surface area (Å²) >= 11 is 0. The number of hydrogen-bond donors (Lipinski definition) is 3. The molecule has 22 heteroatoms. The molecule has 3 saturated heterocycles. The maximum atomic E-state index is 12.7. The van der Waals surface area contributed by atoms with E-state index in [4.69, 9.17) is 28.8 Å². The standard InChI is InChI=1S/C20H27N3O6.C20H25N3O6.C4H8O.CH3.B.2U/c2*1-22-17-13-14(3-2-9-28-11-12-29-10-8-24)4-5-15(17)23(20(22)27)16-6-7-18(25)21-19(16)26;1-2-4-5-3-1;;;;/h4-5,13,16,24H,2-3,6-12H2,1H3,(H,21,25,26);4-5,8,13,16H,2-3,6-7,9-12H2,1H3,(H,21,25,26);1-4H2;1H3;;;/q;;;-1;;;. The Labute approximate surface area is 440 Å². The van der Waals surface area contributed by atoms with Crippen molar-refractivity contribution < 1.29 is 115 Å². The number of nitrogens with one attached hydrogen (secondary N) is 2. The molecule has 3 N–H and O–H groups in total. The van der Waals surface area contributed by atoms with Crippen LogP contribution >= 0.6 is 0 Å². The van der Waals surface area contributed by atoms with Crippen LogP contribution < -0.4 is 22.0 Å². The third kappa shape index (κ3) is 18.0. The van der Waals surface area contributed by atoms with Gasteiger partial charge in [0.1, 0.15) is 25.0 Å². The zero-order valence-corrected chi connectivity index (χ0v) is 47.1. The number of fused-ring (bicyclic) bond motifs is 2. The molecule has 363 valence electrons. The number of rotatable bonds is 20. The second-order valence-corrected chi connectivity index (χ2v) is 15.3. The van der Waals surface area contributed by atoms with E-state index in [1.807, 2.05) is 36.4 Å². The van der Waals surface area contributed by atoms with Gasteiger partial charge in [0, 0.05) is 124 Å². The van der Waals surface area contributed by atoms with Crippen LogP contribution in [0.1, 0.15) is 74.6 Å². The van der Waals surface area contributed by atoms with Gasteiger partial charge in [0.25, 0.3) is 0 Å². The number of aromatic nitrogens is 4. The van der Waals surface area contributed by atoms with Crippen molar-refractivity contribution in [2.45, 2.75) is 76.3 Å². The van der Waals surface area contributed by atoms with Gasteiger partial charge in [0.15, 0.2) is 0 Å². The van der Waals surface area contributed by atoms with E-state index in [1.54, 1.807) is 14.1 Å². The van der Waals surface area contributed by atoms with Gasteiger partial charge >= 0.3 is 11.4 Å². The maximum absolute atomic E-state index is 12.7. The molecule has 2 unspecified atom stereocenters. The first-order valence-electron chi connectivity index (χ1n) is 21.6. The van der Waals surface area contributed by atoms with Gasteiger partial charge in [-0.15, -0.1) is 0 Å². The van der Waals surface area contributed by atoms with Crippen LogP contribution in [0.15, 0.2) is 46.0 Å². The van der Waals surface area contributed by atoms with E-state index in [1.165, 1.54) is 31.1 Å². The number of amides is 4. The topological polar surface area (TPSA) is 230 Å². The number of aryl methyl sites for hydroxylation is 4. The van der Waals surface area contributed by atoms with Crippen molar-refractivity contribution in [1.82, 2.24) is 28.9 Å². The Morgan fingerprint density at radius 2 is 1.06 bits per heavy atom. The summed E-state index contributed by atoms with van der Waals surface area (Å²) < 4.78 is 32.1. The molecule has 4 amide bonds. The van der Waals surface area contributed by atoms with Crippen molar-refractivity contribution in [2.24, 2.45) is 14.1 Å². The molecule has 0 spiro atoms. The van der Waals surface area contributed by atoms with Crippen LogP contribution in [0, 0.1) is 69.7 Å². The summed E-state index contributed by atoms with van der Waals surface area (Å²) in [4.78, 5) is 82.9. The number of carbonyl (C=O) groups is 5. The van der Waals surface area contributed by atoms with Crippen molar-refractivity contribution >= 4 is 60.4 Å². The number of carbonyl (C=O) groups excluding carboxylic acids is 5. The first-order valence-corrected chi connectivity index (χ1v) is 21.6. The predicted octanol–water partition coefficient (Wildman–Crippen LogP) is 1.62. The van der Waals surface area contributed by atoms with Crippen LogP contribution in [0.25, 0.3) is 22.1 Å². The number of imide groups is 2. The van der Waals surface area contributed by atoms with Crippen LogP contribution in [0.3, 0.4) is 0 Å². The largest absolute Gasteiger partial charge is 0.394 e. The van der Waals surface area contributed by atoms with Gasteiger partial charge in [-0.2, -0.15) is 0 Å². The molecule has 4 aromatic rings. The Morgan fingerprint density at radius 3 is 1.43 bits per heavy atom. The Hall–Kier alpha value is -3.14. The summed E-state index contributed by atoms with van der Waals surface area (Å²) in [5.41, 5.74) is 4.48. The molecule has 19 nitrogen and oxygen atoms in total. The summed E-state index contributed by atoms with van der Waals surface area (Å²) in [6.07, 6.45) is 7.56. The molecule has 7 rings (SSSR count). The molecule has 3 aliphatic heterocycles. The molecule has 3 fully saturated rings. The van der Waals surface area contributed by atoms with Gasteiger partial charge in [0.05, 0.1) is 61.7 Å². The van der Waals surface area contributed by atoms with Gasteiger partial charge in [-0.05, 0) is 86.8 Å². The number of piperidine rings is 2. The summed E-state index contributed by atoms with van der Waals surface area (Å²) in [6, 6.07) is 10.2. The average molecular weight is 1380 g/mol. The van der Waals surface area contributed by atoms with Gasteiger partial charge in [-0.3, -0.25) is 48.1 Å². The smallest absolute Gasteiger partial charge is 0.329 e. The number of hydrogen-bond acceptors (Lipinski definition) is 13. The fourth-order valence-corrected chi connectivity index (χ4v) is 7.59. The van der Waals surface area contributed by atoms with E-state index < -0.39 is 23.9 Å². The fourth-order valence-electron chi connectivity index (χ4n) is 7.59. The molecule has 5 heterocycles. The van der Waals surface area contributed by atoms with Gasteiger partial charge < -0.3 is 41.0 Å².